The van der Waals surface area contributed by atoms with Crippen LogP contribution in [-0.4, -0.2) is 17.0 Å². The highest BCUT2D eigenvalue weighted by Crippen LogP contribution is 2.36. The van der Waals surface area contributed by atoms with Crippen LogP contribution in [0.2, 0.25) is 0 Å². The second-order valence-corrected chi connectivity index (χ2v) is 6.79. The first-order valence-corrected chi connectivity index (χ1v) is 7.41. The Morgan fingerprint density at radius 1 is 1.27 bits per heavy atom. The molecule has 2 aromatic rings. The summed E-state index contributed by atoms with van der Waals surface area (Å²) < 4.78 is 0. The molecule has 0 radical (unpaired) electrons. The third-order valence-electron chi connectivity index (χ3n) is 3.89. The van der Waals surface area contributed by atoms with Gasteiger partial charge in [-0.05, 0) is 29.3 Å². The molecule has 1 aromatic carbocycles. The number of nitrogens with one attached hydrogen (secondary N) is 1. The number of hydrogen-bond acceptors (Lipinski definition) is 4. The molecule has 1 aromatic heterocycles. The number of nitrogens with zero attached hydrogens (tertiary/aromatic N) is 3. The van der Waals surface area contributed by atoms with E-state index in [1.165, 1.54) is 5.56 Å². The highest BCUT2D eigenvalue weighted by atomic mass is 15.5. The van der Waals surface area contributed by atoms with Crippen molar-refractivity contribution in [1.82, 2.24) is 9.99 Å². The van der Waals surface area contributed by atoms with Gasteiger partial charge in [0.2, 0.25) is 0 Å². The molecule has 112 valence electrons. The molecule has 1 N–H and O–H groups in total. The van der Waals surface area contributed by atoms with Crippen LogP contribution in [0.3, 0.4) is 0 Å². The summed E-state index contributed by atoms with van der Waals surface area (Å²) in [4.78, 5) is 4.79. The average Bonchev–Trinajstić information content (AvgIpc) is 2.85. The van der Waals surface area contributed by atoms with E-state index in [1.807, 2.05) is 30.3 Å². The largest absolute Gasteiger partial charge is 0.303 e. The van der Waals surface area contributed by atoms with Crippen LogP contribution in [-0.2, 0) is 12.0 Å². The Morgan fingerprint density at radius 2 is 2.05 bits per heavy atom. The summed E-state index contributed by atoms with van der Waals surface area (Å²) in [7, 11) is 2.01. The van der Waals surface area contributed by atoms with Crippen molar-refractivity contribution in [2.24, 2.45) is 0 Å². The number of hydrazine groups is 1. The summed E-state index contributed by atoms with van der Waals surface area (Å²) >= 11 is 0. The maximum atomic E-state index is 9.15. The lowest BCUT2D eigenvalue weighted by molar-refractivity contribution is 0.422. The minimum atomic E-state index is -0.0283. The number of fused-ring (bicyclic) bond motifs is 1. The maximum absolute atomic E-state index is 9.15. The van der Waals surface area contributed by atoms with Gasteiger partial charge in [-0.1, -0.05) is 32.9 Å². The number of nitriles is 1. The summed E-state index contributed by atoms with van der Waals surface area (Å²) in [5.41, 5.74) is 8.42. The number of hydrogen-bond donors (Lipinski definition) is 1. The summed E-state index contributed by atoms with van der Waals surface area (Å²) in [6.07, 6.45) is 0. The van der Waals surface area contributed by atoms with E-state index in [4.69, 9.17) is 10.2 Å². The molecule has 0 unspecified atom stereocenters. The standard InChI is InChI=1S/C18H20N4/c1-18(2,3)16-9-14(13-7-5-6-12(8-13)10-19)15-11-22(4)21-17(15)20-16/h5-9H,11H2,1-4H3,(H,20,21). The molecule has 0 saturated heterocycles. The van der Waals surface area contributed by atoms with E-state index in [9.17, 15) is 0 Å². The van der Waals surface area contributed by atoms with E-state index in [0.717, 1.165) is 29.2 Å². The van der Waals surface area contributed by atoms with Crippen LogP contribution in [0.1, 0.15) is 37.6 Å². The Balaban J connectivity index is 2.22. The van der Waals surface area contributed by atoms with Crippen LogP contribution in [0.4, 0.5) is 5.82 Å². The van der Waals surface area contributed by atoms with Crippen molar-refractivity contribution in [2.75, 3.05) is 12.5 Å². The third-order valence-corrected chi connectivity index (χ3v) is 3.89. The molecular formula is C18H20N4. The average molecular weight is 292 g/mol. The van der Waals surface area contributed by atoms with Gasteiger partial charge in [0.25, 0.3) is 0 Å². The van der Waals surface area contributed by atoms with Crippen LogP contribution in [0.25, 0.3) is 11.1 Å². The lowest BCUT2D eigenvalue weighted by Crippen LogP contribution is -2.18. The Bertz CT molecular complexity index is 766. The van der Waals surface area contributed by atoms with Gasteiger partial charge < -0.3 is 5.43 Å². The Labute approximate surface area is 131 Å². The second-order valence-electron chi connectivity index (χ2n) is 6.79. The van der Waals surface area contributed by atoms with Crippen LogP contribution < -0.4 is 5.43 Å². The highest BCUT2D eigenvalue weighted by molar-refractivity contribution is 5.75. The number of benzene rings is 1. The quantitative estimate of drug-likeness (QED) is 0.871. The van der Waals surface area contributed by atoms with E-state index in [-0.39, 0.29) is 5.41 Å². The van der Waals surface area contributed by atoms with Crippen LogP contribution in [0, 0.1) is 11.3 Å². The van der Waals surface area contributed by atoms with Gasteiger partial charge in [0.05, 0.1) is 11.6 Å². The van der Waals surface area contributed by atoms with Gasteiger partial charge in [-0.2, -0.15) is 5.26 Å². The van der Waals surface area contributed by atoms with Gasteiger partial charge in [0.1, 0.15) is 5.82 Å². The zero-order chi connectivity index (χ0) is 15.9. The van der Waals surface area contributed by atoms with E-state index in [2.05, 4.69) is 44.4 Å². The molecule has 0 atom stereocenters. The Morgan fingerprint density at radius 3 is 2.73 bits per heavy atom. The molecule has 4 nitrogen and oxygen atoms in total. The first-order valence-electron chi connectivity index (χ1n) is 7.41. The zero-order valence-corrected chi connectivity index (χ0v) is 13.4. The summed E-state index contributed by atoms with van der Waals surface area (Å²) in [6.45, 7) is 7.29. The fraction of sp³-hybridized carbons (Fsp3) is 0.333. The lowest BCUT2D eigenvalue weighted by Gasteiger charge is -2.20. The number of aromatic nitrogens is 1. The molecule has 0 bridgehead atoms. The predicted octanol–water partition coefficient (Wildman–Crippen LogP) is 3.69. The fourth-order valence-corrected chi connectivity index (χ4v) is 2.68. The van der Waals surface area contributed by atoms with Gasteiger partial charge in [-0.15, -0.1) is 0 Å². The Hall–Kier alpha value is -2.38. The molecule has 1 aliphatic rings. The number of anilines is 1. The van der Waals surface area contributed by atoms with Crippen molar-refractivity contribution in [2.45, 2.75) is 32.7 Å². The van der Waals surface area contributed by atoms with E-state index < -0.39 is 0 Å². The predicted molar refractivity (Wildman–Crippen MR) is 88.2 cm³/mol. The molecule has 1 aliphatic heterocycles. The van der Waals surface area contributed by atoms with Crippen LogP contribution in [0.15, 0.2) is 30.3 Å². The van der Waals surface area contributed by atoms with Crippen molar-refractivity contribution < 1.29 is 0 Å². The third kappa shape index (κ3) is 2.56. The topological polar surface area (TPSA) is 52.0 Å². The monoisotopic (exact) mass is 292 g/mol. The summed E-state index contributed by atoms with van der Waals surface area (Å²) in [6, 6.07) is 12.1. The zero-order valence-electron chi connectivity index (χ0n) is 13.4. The van der Waals surface area contributed by atoms with E-state index >= 15 is 0 Å². The molecule has 0 saturated carbocycles. The van der Waals surface area contributed by atoms with Crippen molar-refractivity contribution in [3.63, 3.8) is 0 Å². The van der Waals surface area contributed by atoms with Gasteiger partial charge in [0.15, 0.2) is 0 Å². The molecular weight excluding hydrogens is 272 g/mol. The molecule has 4 heteroatoms. The molecule has 2 heterocycles. The van der Waals surface area contributed by atoms with Gasteiger partial charge in [-0.25, -0.2) is 9.99 Å². The highest BCUT2D eigenvalue weighted by Gasteiger charge is 2.25. The summed E-state index contributed by atoms with van der Waals surface area (Å²) in [5, 5.41) is 11.2. The lowest BCUT2D eigenvalue weighted by atomic mass is 9.88. The van der Waals surface area contributed by atoms with Crippen molar-refractivity contribution >= 4 is 5.82 Å². The van der Waals surface area contributed by atoms with Crippen molar-refractivity contribution in [3.05, 3.63) is 47.2 Å². The van der Waals surface area contributed by atoms with Gasteiger partial charge >= 0.3 is 0 Å². The summed E-state index contributed by atoms with van der Waals surface area (Å²) in [5.74, 6) is 0.923. The molecule has 0 amide bonds. The smallest absolute Gasteiger partial charge is 0.145 e. The number of rotatable bonds is 1. The van der Waals surface area contributed by atoms with Crippen LogP contribution >= 0.6 is 0 Å². The second kappa shape index (κ2) is 5.11. The van der Waals surface area contributed by atoms with Crippen molar-refractivity contribution in [3.8, 4) is 17.2 Å². The normalized spacial score (nSPS) is 14.3. The molecule has 3 rings (SSSR count). The van der Waals surface area contributed by atoms with Gasteiger partial charge in [0, 0.05) is 30.3 Å². The SMILES string of the molecule is CN1Cc2c(-c3cccc(C#N)c3)cc(C(C)(C)C)nc2N1. The fourth-order valence-electron chi connectivity index (χ4n) is 2.68. The van der Waals surface area contributed by atoms with E-state index in [1.54, 1.807) is 0 Å². The van der Waals surface area contributed by atoms with E-state index in [0.29, 0.717) is 5.56 Å². The van der Waals surface area contributed by atoms with Gasteiger partial charge in [-0.3, -0.25) is 0 Å². The maximum Gasteiger partial charge on any atom is 0.145 e. The molecule has 0 fully saturated rings. The first kappa shape index (κ1) is 14.6. The Kier molecular flexibility index (Phi) is 3.38. The first-order chi connectivity index (χ1) is 10.4. The molecule has 0 spiro atoms. The van der Waals surface area contributed by atoms with Crippen molar-refractivity contribution in [1.29, 1.82) is 5.26 Å². The molecule has 0 aliphatic carbocycles. The molecule has 22 heavy (non-hydrogen) atoms. The number of pyridine rings is 1. The minimum Gasteiger partial charge on any atom is -0.303 e. The minimum absolute atomic E-state index is 0.0283. The van der Waals surface area contributed by atoms with Crippen LogP contribution in [0.5, 0.6) is 0 Å².